The van der Waals surface area contributed by atoms with Crippen LogP contribution >= 0.6 is 12.4 Å². The first-order valence-electron chi connectivity index (χ1n) is 8.69. The zero-order valence-corrected chi connectivity index (χ0v) is 16.3. The van der Waals surface area contributed by atoms with Gasteiger partial charge < -0.3 is 24.4 Å². The van der Waals surface area contributed by atoms with Crippen molar-refractivity contribution in [3.05, 3.63) is 17.7 Å². The first kappa shape index (κ1) is 21.4. The van der Waals surface area contributed by atoms with Gasteiger partial charge in [-0.1, -0.05) is 0 Å². The Labute approximate surface area is 156 Å². The van der Waals surface area contributed by atoms with Crippen LogP contribution in [0.25, 0.3) is 0 Å². The van der Waals surface area contributed by atoms with Crippen LogP contribution < -0.4 is 19.5 Å². The number of carbonyl (C=O) groups is 1. The van der Waals surface area contributed by atoms with Gasteiger partial charge in [0, 0.05) is 31.2 Å². The predicted molar refractivity (Wildman–Crippen MR) is 101 cm³/mol. The average Bonchev–Trinajstić information content (AvgIpc) is 2.57. The highest BCUT2D eigenvalue weighted by Gasteiger charge is 2.24. The van der Waals surface area contributed by atoms with Crippen LogP contribution in [0.1, 0.15) is 38.1 Å². The van der Waals surface area contributed by atoms with Crippen molar-refractivity contribution < 1.29 is 19.0 Å². The van der Waals surface area contributed by atoms with Crippen LogP contribution in [0.4, 0.5) is 0 Å². The summed E-state index contributed by atoms with van der Waals surface area (Å²) < 4.78 is 17.1. The third-order valence-corrected chi connectivity index (χ3v) is 3.81. The highest BCUT2D eigenvalue weighted by Crippen LogP contribution is 2.39. The molecule has 25 heavy (non-hydrogen) atoms. The van der Waals surface area contributed by atoms with Crippen molar-refractivity contribution in [2.24, 2.45) is 0 Å². The first-order valence-corrected chi connectivity index (χ1v) is 8.69. The molecule has 1 unspecified atom stereocenters. The lowest BCUT2D eigenvalue weighted by molar-refractivity contribution is 0.0708. The van der Waals surface area contributed by atoms with Crippen LogP contribution in [0.3, 0.4) is 0 Å². The summed E-state index contributed by atoms with van der Waals surface area (Å²) in [6.45, 7) is 11.5. The molecule has 0 aromatic heterocycles. The van der Waals surface area contributed by atoms with Gasteiger partial charge in [0.05, 0.1) is 19.8 Å². The Kier molecular flexibility index (Phi) is 8.86. The third kappa shape index (κ3) is 5.41. The molecule has 1 aromatic rings. The van der Waals surface area contributed by atoms with Crippen LogP contribution in [0.5, 0.6) is 17.2 Å². The molecule has 1 amide bonds. The Morgan fingerprint density at radius 3 is 2.16 bits per heavy atom. The molecule has 1 saturated heterocycles. The SMILES string of the molecule is CCOc1cc(C(=O)N2CCNC(C)C2)cc(OCC)c1OCC.Cl. The molecule has 6 nitrogen and oxygen atoms in total. The van der Waals surface area contributed by atoms with Gasteiger partial charge in [-0.25, -0.2) is 0 Å². The first-order chi connectivity index (χ1) is 11.6. The quantitative estimate of drug-likeness (QED) is 0.797. The number of rotatable bonds is 7. The molecule has 1 atom stereocenters. The summed E-state index contributed by atoms with van der Waals surface area (Å²) in [5, 5.41) is 3.34. The van der Waals surface area contributed by atoms with Gasteiger partial charge in [-0.05, 0) is 39.8 Å². The molecular formula is C18H29ClN2O4. The Hall–Kier alpha value is -1.66. The lowest BCUT2D eigenvalue weighted by Crippen LogP contribution is -2.51. The fourth-order valence-corrected chi connectivity index (χ4v) is 2.81. The summed E-state index contributed by atoms with van der Waals surface area (Å²) in [6, 6.07) is 3.81. The molecule has 0 bridgehead atoms. The molecular weight excluding hydrogens is 344 g/mol. The van der Waals surface area contributed by atoms with Crippen LogP contribution in [0.2, 0.25) is 0 Å². The van der Waals surface area contributed by atoms with E-state index in [1.807, 2.05) is 25.7 Å². The second kappa shape index (κ2) is 10.4. The van der Waals surface area contributed by atoms with E-state index in [9.17, 15) is 4.79 Å². The number of piperazine rings is 1. The Balaban J connectivity index is 0.00000312. The highest BCUT2D eigenvalue weighted by molar-refractivity contribution is 5.95. The van der Waals surface area contributed by atoms with Crippen molar-refractivity contribution in [2.75, 3.05) is 39.5 Å². The van der Waals surface area contributed by atoms with Gasteiger partial charge in [-0.3, -0.25) is 4.79 Å². The van der Waals surface area contributed by atoms with E-state index in [4.69, 9.17) is 14.2 Å². The lowest BCUT2D eigenvalue weighted by atomic mass is 10.1. The van der Waals surface area contributed by atoms with Crippen LogP contribution in [0, 0.1) is 0 Å². The number of carbonyl (C=O) groups excluding carboxylic acids is 1. The molecule has 0 aliphatic carbocycles. The molecule has 1 aromatic carbocycles. The number of hydrogen-bond donors (Lipinski definition) is 1. The summed E-state index contributed by atoms with van der Waals surface area (Å²) in [6.07, 6.45) is 0. The molecule has 2 rings (SSSR count). The fraction of sp³-hybridized carbons (Fsp3) is 0.611. The van der Waals surface area contributed by atoms with Gasteiger partial charge >= 0.3 is 0 Å². The summed E-state index contributed by atoms with van der Waals surface area (Å²) >= 11 is 0. The van der Waals surface area contributed by atoms with E-state index in [1.54, 1.807) is 12.1 Å². The molecule has 0 radical (unpaired) electrons. The second-order valence-corrected chi connectivity index (χ2v) is 5.71. The van der Waals surface area contributed by atoms with Gasteiger partial charge in [0.2, 0.25) is 5.75 Å². The number of hydrogen-bond acceptors (Lipinski definition) is 5. The van der Waals surface area contributed by atoms with Gasteiger partial charge in [0.25, 0.3) is 5.91 Å². The number of amides is 1. The zero-order valence-electron chi connectivity index (χ0n) is 15.5. The van der Waals surface area contributed by atoms with Crippen molar-refractivity contribution in [3.8, 4) is 17.2 Å². The van der Waals surface area contributed by atoms with Gasteiger partial charge in [0.1, 0.15) is 0 Å². The maximum absolute atomic E-state index is 12.9. The van der Waals surface area contributed by atoms with Gasteiger partial charge in [0.15, 0.2) is 11.5 Å². The summed E-state index contributed by atoms with van der Waals surface area (Å²) in [5.74, 6) is 1.66. The molecule has 0 saturated carbocycles. The molecule has 1 aliphatic rings. The average molecular weight is 373 g/mol. The Morgan fingerprint density at radius 2 is 1.68 bits per heavy atom. The van der Waals surface area contributed by atoms with Gasteiger partial charge in [-0.15, -0.1) is 12.4 Å². The normalized spacial score (nSPS) is 16.8. The Bertz CT molecular complexity index is 541. The van der Waals surface area contributed by atoms with Crippen LogP contribution in [-0.2, 0) is 0 Å². The van der Waals surface area contributed by atoms with E-state index in [0.717, 1.165) is 6.54 Å². The zero-order chi connectivity index (χ0) is 17.5. The standard InChI is InChI=1S/C18H28N2O4.ClH/c1-5-22-15-10-14(11-16(23-6-2)17(15)24-7-3)18(21)20-9-8-19-13(4)12-20;/h10-11,13,19H,5-9,12H2,1-4H3;1H. The minimum absolute atomic E-state index is 0. The molecule has 1 fully saturated rings. The topological polar surface area (TPSA) is 60.0 Å². The molecule has 142 valence electrons. The minimum Gasteiger partial charge on any atom is -0.490 e. The predicted octanol–water partition coefficient (Wildman–Crippen LogP) is 2.74. The smallest absolute Gasteiger partial charge is 0.254 e. The van der Waals surface area contributed by atoms with E-state index in [-0.39, 0.29) is 18.3 Å². The Morgan fingerprint density at radius 1 is 1.12 bits per heavy atom. The van der Waals surface area contributed by atoms with Crippen LogP contribution in [0.15, 0.2) is 12.1 Å². The van der Waals surface area contributed by atoms with E-state index in [2.05, 4.69) is 12.2 Å². The fourth-order valence-electron chi connectivity index (χ4n) is 2.81. The number of halogens is 1. The van der Waals surface area contributed by atoms with E-state index < -0.39 is 0 Å². The van der Waals surface area contributed by atoms with Crippen molar-refractivity contribution in [1.29, 1.82) is 0 Å². The van der Waals surface area contributed by atoms with Gasteiger partial charge in [-0.2, -0.15) is 0 Å². The summed E-state index contributed by atoms with van der Waals surface area (Å²) in [5.41, 5.74) is 0.569. The van der Waals surface area contributed by atoms with E-state index >= 15 is 0 Å². The maximum atomic E-state index is 12.9. The largest absolute Gasteiger partial charge is 0.490 e. The number of nitrogens with zero attached hydrogens (tertiary/aromatic N) is 1. The highest BCUT2D eigenvalue weighted by atomic mass is 35.5. The summed E-state index contributed by atoms with van der Waals surface area (Å²) in [4.78, 5) is 14.7. The lowest BCUT2D eigenvalue weighted by Gasteiger charge is -2.32. The summed E-state index contributed by atoms with van der Waals surface area (Å²) in [7, 11) is 0. The van der Waals surface area contributed by atoms with Crippen molar-refractivity contribution in [3.63, 3.8) is 0 Å². The number of ether oxygens (including phenoxy) is 3. The van der Waals surface area contributed by atoms with E-state index in [0.29, 0.717) is 61.8 Å². The minimum atomic E-state index is -0.00620. The molecule has 0 spiro atoms. The number of benzene rings is 1. The second-order valence-electron chi connectivity index (χ2n) is 5.71. The molecule has 1 heterocycles. The number of nitrogens with one attached hydrogen (secondary N) is 1. The van der Waals surface area contributed by atoms with Crippen molar-refractivity contribution in [2.45, 2.75) is 33.7 Å². The van der Waals surface area contributed by atoms with Crippen molar-refractivity contribution in [1.82, 2.24) is 10.2 Å². The van der Waals surface area contributed by atoms with E-state index in [1.165, 1.54) is 0 Å². The molecule has 7 heteroatoms. The molecule has 1 N–H and O–H groups in total. The molecule has 1 aliphatic heterocycles. The third-order valence-electron chi connectivity index (χ3n) is 3.81. The monoisotopic (exact) mass is 372 g/mol. The van der Waals surface area contributed by atoms with Crippen LogP contribution in [-0.4, -0.2) is 56.3 Å². The maximum Gasteiger partial charge on any atom is 0.254 e. The van der Waals surface area contributed by atoms with Crippen molar-refractivity contribution >= 4 is 18.3 Å².